The second-order valence-corrected chi connectivity index (χ2v) is 7.20. The number of rotatable bonds is 8. The third-order valence-corrected chi connectivity index (χ3v) is 4.81. The Balaban J connectivity index is 0.000000523. The molecule has 3 N–H and O–H groups in total. The van der Waals surface area contributed by atoms with Crippen LogP contribution in [0.1, 0.15) is 31.9 Å². The Morgan fingerprint density at radius 3 is 2.59 bits per heavy atom. The van der Waals surface area contributed by atoms with E-state index < -0.39 is 0 Å². The van der Waals surface area contributed by atoms with Gasteiger partial charge in [0.15, 0.2) is 0 Å². The van der Waals surface area contributed by atoms with Gasteiger partial charge in [0.25, 0.3) is 0 Å². The Morgan fingerprint density at radius 2 is 1.91 bits per heavy atom. The zero-order chi connectivity index (χ0) is 22.8. The minimum Gasteiger partial charge on any atom is -0.348 e. The van der Waals surface area contributed by atoms with E-state index in [9.17, 15) is 4.79 Å². The third kappa shape index (κ3) is 5.89. The summed E-state index contributed by atoms with van der Waals surface area (Å²) in [4.78, 5) is 24.0. The molecule has 4 rings (SSSR count). The smallest absolute Gasteiger partial charge is 0.225 e. The van der Waals surface area contributed by atoms with Crippen molar-refractivity contribution in [3.63, 3.8) is 0 Å². The standard InChI is InChI=1S/C20H18N6O.C4H11N/c1-14(15-5-3-2-4-6-15)24-20-21-10-9-19(25-20)26-12-22-17-11-16(23-13-27)7-8-18(17)26;1-3-4-5-2/h2-14H,1H3,(H,23,27)(H,21,24,25);5H,3-4H2,1-2H3/t14-;/m0./s1. The highest BCUT2D eigenvalue weighted by molar-refractivity contribution is 5.84. The maximum absolute atomic E-state index is 10.6. The van der Waals surface area contributed by atoms with E-state index in [4.69, 9.17) is 0 Å². The molecule has 0 fully saturated rings. The van der Waals surface area contributed by atoms with Crippen LogP contribution in [0.5, 0.6) is 0 Å². The molecule has 2 aromatic heterocycles. The van der Waals surface area contributed by atoms with Crippen molar-refractivity contribution >= 4 is 29.1 Å². The van der Waals surface area contributed by atoms with Crippen LogP contribution in [0.4, 0.5) is 11.6 Å². The van der Waals surface area contributed by atoms with Gasteiger partial charge in [-0.3, -0.25) is 9.36 Å². The molecule has 2 aromatic carbocycles. The molecule has 32 heavy (non-hydrogen) atoms. The number of aromatic nitrogens is 4. The molecule has 0 aliphatic heterocycles. The summed E-state index contributed by atoms with van der Waals surface area (Å²) in [5.74, 6) is 1.26. The number of anilines is 2. The predicted molar refractivity (Wildman–Crippen MR) is 129 cm³/mol. The number of hydrogen-bond acceptors (Lipinski definition) is 6. The molecule has 8 nitrogen and oxygen atoms in total. The second-order valence-electron chi connectivity index (χ2n) is 7.20. The molecule has 0 bridgehead atoms. The van der Waals surface area contributed by atoms with E-state index in [0.29, 0.717) is 23.9 Å². The first-order valence-electron chi connectivity index (χ1n) is 10.6. The second kappa shape index (κ2) is 11.6. The van der Waals surface area contributed by atoms with Crippen LogP contribution in [0.15, 0.2) is 67.1 Å². The molecule has 1 amide bonds. The number of amides is 1. The van der Waals surface area contributed by atoms with E-state index in [0.717, 1.165) is 23.1 Å². The van der Waals surface area contributed by atoms with Gasteiger partial charge in [0, 0.05) is 11.9 Å². The fraction of sp³-hybridized carbons (Fsp3) is 0.250. The first-order chi connectivity index (χ1) is 15.7. The summed E-state index contributed by atoms with van der Waals surface area (Å²) >= 11 is 0. The summed E-state index contributed by atoms with van der Waals surface area (Å²) in [5.41, 5.74) is 3.53. The average Bonchev–Trinajstić information content (AvgIpc) is 3.24. The summed E-state index contributed by atoms with van der Waals surface area (Å²) in [6.07, 6.45) is 5.31. The highest BCUT2D eigenvalue weighted by atomic mass is 16.1. The van der Waals surface area contributed by atoms with E-state index >= 15 is 0 Å². The maximum Gasteiger partial charge on any atom is 0.225 e. The van der Waals surface area contributed by atoms with Gasteiger partial charge in [-0.2, -0.15) is 4.98 Å². The van der Waals surface area contributed by atoms with Gasteiger partial charge >= 0.3 is 0 Å². The van der Waals surface area contributed by atoms with Gasteiger partial charge < -0.3 is 16.0 Å². The van der Waals surface area contributed by atoms with Gasteiger partial charge in [0.2, 0.25) is 12.4 Å². The van der Waals surface area contributed by atoms with Gasteiger partial charge in [-0.1, -0.05) is 37.3 Å². The van der Waals surface area contributed by atoms with E-state index in [1.807, 2.05) is 54.1 Å². The molecule has 166 valence electrons. The van der Waals surface area contributed by atoms with Crippen molar-refractivity contribution in [2.24, 2.45) is 0 Å². The summed E-state index contributed by atoms with van der Waals surface area (Å²) in [7, 11) is 1.96. The molecule has 0 saturated heterocycles. The van der Waals surface area contributed by atoms with E-state index in [1.165, 1.54) is 6.42 Å². The number of fused-ring (bicyclic) bond motifs is 1. The molecule has 8 heteroatoms. The van der Waals surface area contributed by atoms with Crippen molar-refractivity contribution in [1.82, 2.24) is 24.8 Å². The van der Waals surface area contributed by atoms with Gasteiger partial charge in [-0.15, -0.1) is 0 Å². The first-order valence-corrected chi connectivity index (χ1v) is 10.6. The van der Waals surface area contributed by atoms with Gasteiger partial charge in [0.05, 0.1) is 17.1 Å². The molecular weight excluding hydrogens is 402 g/mol. The van der Waals surface area contributed by atoms with Crippen molar-refractivity contribution in [2.75, 3.05) is 24.2 Å². The number of imidazole rings is 1. The van der Waals surface area contributed by atoms with Gasteiger partial charge in [0.1, 0.15) is 12.1 Å². The summed E-state index contributed by atoms with van der Waals surface area (Å²) in [6, 6.07) is 17.6. The molecule has 0 radical (unpaired) electrons. The van der Waals surface area contributed by atoms with Crippen molar-refractivity contribution in [3.05, 3.63) is 72.7 Å². The Bertz CT molecular complexity index is 1130. The lowest BCUT2D eigenvalue weighted by Crippen LogP contribution is -2.10. The van der Waals surface area contributed by atoms with Crippen LogP contribution in [0.25, 0.3) is 16.9 Å². The van der Waals surface area contributed by atoms with E-state index in [2.05, 4.69) is 56.9 Å². The zero-order valence-corrected chi connectivity index (χ0v) is 18.6. The fourth-order valence-corrected chi connectivity index (χ4v) is 3.17. The summed E-state index contributed by atoms with van der Waals surface area (Å²) in [6.45, 7) is 5.36. The zero-order valence-electron chi connectivity index (χ0n) is 18.6. The Morgan fingerprint density at radius 1 is 1.09 bits per heavy atom. The molecule has 0 unspecified atom stereocenters. The molecular formula is C24H29N7O. The quantitative estimate of drug-likeness (QED) is 0.362. The van der Waals surface area contributed by atoms with Crippen LogP contribution in [0, 0.1) is 0 Å². The molecule has 0 aliphatic carbocycles. The Hall–Kier alpha value is -3.78. The largest absolute Gasteiger partial charge is 0.348 e. The van der Waals surface area contributed by atoms with E-state index in [-0.39, 0.29) is 6.04 Å². The van der Waals surface area contributed by atoms with Crippen molar-refractivity contribution in [2.45, 2.75) is 26.3 Å². The number of carbonyl (C=O) groups excluding carboxylic acids is 1. The Kier molecular flexibility index (Phi) is 8.28. The topological polar surface area (TPSA) is 96.8 Å². The lowest BCUT2D eigenvalue weighted by Gasteiger charge is -2.14. The van der Waals surface area contributed by atoms with Crippen molar-refractivity contribution < 1.29 is 4.79 Å². The first kappa shape index (κ1) is 22.9. The highest BCUT2D eigenvalue weighted by Crippen LogP contribution is 2.22. The number of nitrogens with one attached hydrogen (secondary N) is 3. The predicted octanol–water partition coefficient (Wildman–Crippen LogP) is 4.17. The molecule has 1 atom stereocenters. The maximum atomic E-state index is 10.6. The summed E-state index contributed by atoms with van der Waals surface area (Å²) < 4.78 is 1.89. The van der Waals surface area contributed by atoms with Crippen LogP contribution in [0.3, 0.4) is 0 Å². The monoisotopic (exact) mass is 431 g/mol. The third-order valence-electron chi connectivity index (χ3n) is 4.81. The molecule has 0 aliphatic rings. The number of hydrogen-bond donors (Lipinski definition) is 3. The van der Waals surface area contributed by atoms with Crippen LogP contribution >= 0.6 is 0 Å². The van der Waals surface area contributed by atoms with Crippen LogP contribution in [0.2, 0.25) is 0 Å². The number of carbonyl (C=O) groups is 1. The van der Waals surface area contributed by atoms with Crippen LogP contribution in [-0.2, 0) is 4.79 Å². The van der Waals surface area contributed by atoms with Gasteiger partial charge in [-0.25, -0.2) is 9.97 Å². The SMILES string of the molecule is CCCNC.C[C@H](Nc1nccc(-n2cnc3cc(NC=O)ccc32)n1)c1ccccc1. The highest BCUT2D eigenvalue weighted by Gasteiger charge is 2.10. The van der Waals surface area contributed by atoms with E-state index in [1.54, 1.807) is 12.5 Å². The van der Waals surface area contributed by atoms with Crippen LogP contribution in [-0.4, -0.2) is 39.5 Å². The summed E-state index contributed by atoms with van der Waals surface area (Å²) in [5, 5.41) is 8.98. The molecule has 0 saturated carbocycles. The minimum absolute atomic E-state index is 0.0814. The fourth-order valence-electron chi connectivity index (χ4n) is 3.17. The lowest BCUT2D eigenvalue weighted by molar-refractivity contribution is -0.105. The molecule has 4 aromatic rings. The number of benzene rings is 2. The minimum atomic E-state index is 0.0814. The lowest BCUT2D eigenvalue weighted by atomic mass is 10.1. The van der Waals surface area contributed by atoms with Crippen molar-refractivity contribution in [3.8, 4) is 5.82 Å². The van der Waals surface area contributed by atoms with Crippen molar-refractivity contribution in [1.29, 1.82) is 0 Å². The number of nitrogens with zero attached hydrogens (tertiary/aromatic N) is 4. The molecule has 0 spiro atoms. The normalized spacial score (nSPS) is 11.3. The average molecular weight is 432 g/mol. The van der Waals surface area contributed by atoms with Crippen LogP contribution < -0.4 is 16.0 Å². The molecule has 2 heterocycles. The Labute approximate surface area is 188 Å². The van der Waals surface area contributed by atoms with Gasteiger partial charge in [-0.05, 0) is 56.8 Å².